The van der Waals surface area contributed by atoms with Crippen LogP contribution in [0.15, 0.2) is 24.4 Å². The largest absolute Gasteiger partial charge is 0.394 e. The average Bonchev–Trinajstić information content (AvgIpc) is 2.43. The molecule has 1 heterocycles. The van der Waals surface area contributed by atoms with E-state index >= 15 is 0 Å². The van der Waals surface area contributed by atoms with E-state index in [1.807, 2.05) is 0 Å². The Morgan fingerprint density at radius 2 is 1.72 bits per heavy atom. The van der Waals surface area contributed by atoms with Gasteiger partial charge in [-0.15, -0.1) is 0 Å². The van der Waals surface area contributed by atoms with Crippen molar-refractivity contribution in [2.45, 2.75) is 24.4 Å². The molecule has 0 spiro atoms. The monoisotopic (exact) mass is 258 g/mol. The molecular formula is C11H18N2O5. The van der Waals surface area contributed by atoms with Crippen LogP contribution in [0.3, 0.4) is 0 Å². The predicted octanol–water partition coefficient (Wildman–Crippen LogP) is -2.07. The summed E-state index contributed by atoms with van der Waals surface area (Å²) < 4.78 is 0. The lowest BCUT2D eigenvalue weighted by Crippen LogP contribution is -2.48. The fraction of sp³-hybridized carbons (Fsp3) is 0.545. The highest BCUT2D eigenvalue weighted by atomic mass is 16.4. The number of aliphatic hydroxyl groups is 5. The topological polar surface area (TPSA) is 126 Å². The standard InChI is InChI=1S/C11H18N2O5/c14-6-8(16)11(18)10(17)7(15)5-13-9-3-1-2-4-12-9/h1-4,7-8,10-11,14-18H,5-6H2,(H,12,13). The Kier molecular flexibility index (Phi) is 5.96. The van der Waals surface area contributed by atoms with Crippen molar-refractivity contribution < 1.29 is 25.5 Å². The maximum absolute atomic E-state index is 9.60. The van der Waals surface area contributed by atoms with Gasteiger partial charge in [-0.05, 0) is 12.1 Å². The van der Waals surface area contributed by atoms with Crippen molar-refractivity contribution in [1.82, 2.24) is 4.98 Å². The Morgan fingerprint density at radius 3 is 2.28 bits per heavy atom. The van der Waals surface area contributed by atoms with Gasteiger partial charge in [-0.1, -0.05) is 6.07 Å². The fourth-order valence-corrected chi connectivity index (χ4v) is 1.36. The molecule has 18 heavy (non-hydrogen) atoms. The van der Waals surface area contributed by atoms with E-state index in [2.05, 4.69) is 10.3 Å². The van der Waals surface area contributed by atoms with Crippen molar-refractivity contribution in [3.63, 3.8) is 0 Å². The van der Waals surface area contributed by atoms with Crippen LogP contribution in [-0.4, -0.2) is 68.1 Å². The summed E-state index contributed by atoms with van der Waals surface area (Å²) in [5.74, 6) is 0.515. The Hall–Kier alpha value is -1.25. The molecule has 0 saturated carbocycles. The van der Waals surface area contributed by atoms with Gasteiger partial charge in [0.25, 0.3) is 0 Å². The van der Waals surface area contributed by atoms with Crippen LogP contribution in [0.25, 0.3) is 0 Å². The molecule has 1 aromatic rings. The molecular weight excluding hydrogens is 240 g/mol. The quantitative estimate of drug-likeness (QED) is 0.332. The van der Waals surface area contributed by atoms with Gasteiger partial charge in [0.1, 0.15) is 24.1 Å². The lowest BCUT2D eigenvalue weighted by atomic mass is 10.0. The summed E-state index contributed by atoms with van der Waals surface area (Å²) >= 11 is 0. The van der Waals surface area contributed by atoms with Crippen LogP contribution in [0.5, 0.6) is 0 Å². The highest BCUT2D eigenvalue weighted by Crippen LogP contribution is 2.07. The van der Waals surface area contributed by atoms with Gasteiger partial charge < -0.3 is 30.8 Å². The third-order valence-corrected chi connectivity index (χ3v) is 2.48. The van der Waals surface area contributed by atoms with Crippen LogP contribution < -0.4 is 5.32 Å². The zero-order valence-corrected chi connectivity index (χ0v) is 9.72. The Labute approximate surface area is 104 Å². The Morgan fingerprint density at radius 1 is 1.06 bits per heavy atom. The minimum atomic E-state index is -1.62. The van der Waals surface area contributed by atoms with Crippen LogP contribution in [-0.2, 0) is 0 Å². The summed E-state index contributed by atoms with van der Waals surface area (Å²) in [6, 6.07) is 5.17. The van der Waals surface area contributed by atoms with Gasteiger partial charge in [-0.2, -0.15) is 0 Å². The first-order valence-electron chi connectivity index (χ1n) is 5.54. The molecule has 0 aliphatic carbocycles. The Bertz CT molecular complexity index is 337. The number of rotatable bonds is 7. The van der Waals surface area contributed by atoms with Gasteiger partial charge in [0.15, 0.2) is 0 Å². The van der Waals surface area contributed by atoms with Crippen LogP contribution in [0, 0.1) is 0 Å². The first-order chi connectivity index (χ1) is 8.56. The zero-order valence-electron chi connectivity index (χ0n) is 9.72. The van der Waals surface area contributed by atoms with E-state index in [1.54, 1.807) is 24.4 Å². The first-order valence-corrected chi connectivity index (χ1v) is 5.54. The van der Waals surface area contributed by atoms with E-state index in [0.29, 0.717) is 5.82 Å². The second-order valence-corrected chi connectivity index (χ2v) is 3.89. The second kappa shape index (κ2) is 7.24. The number of nitrogens with zero attached hydrogens (tertiary/aromatic N) is 1. The highest BCUT2D eigenvalue weighted by Gasteiger charge is 2.29. The molecule has 7 nitrogen and oxygen atoms in total. The van der Waals surface area contributed by atoms with Crippen LogP contribution >= 0.6 is 0 Å². The minimum Gasteiger partial charge on any atom is -0.394 e. The van der Waals surface area contributed by atoms with Gasteiger partial charge in [-0.25, -0.2) is 4.98 Å². The number of hydrogen-bond acceptors (Lipinski definition) is 7. The molecule has 0 fully saturated rings. The average molecular weight is 258 g/mol. The van der Waals surface area contributed by atoms with Gasteiger partial charge in [0, 0.05) is 12.7 Å². The number of hydrogen-bond donors (Lipinski definition) is 6. The minimum absolute atomic E-state index is 0.0482. The molecule has 4 atom stereocenters. The van der Waals surface area contributed by atoms with Crippen LogP contribution in [0.4, 0.5) is 5.82 Å². The van der Waals surface area contributed by atoms with Crippen molar-refractivity contribution in [2.24, 2.45) is 0 Å². The SMILES string of the molecule is OCC(O)C(O)C(O)C(O)CNc1ccccn1. The Balaban J connectivity index is 2.42. The maximum atomic E-state index is 9.60. The first kappa shape index (κ1) is 14.8. The molecule has 4 unspecified atom stereocenters. The van der Waals surface area contributed by atoms with Gasteiger partial charge in [0.2, 0.25) is 0 Å². The van der Waals surface area contributed by atoms with E-state index in [-0.39, 0.29) is 6.54 Å². The van der Waals surface area contributed by atoms with Crippen molar-refractivity contribution in [3.8, 4) is 0 Å². The van der Waals surface area contributed by atoms with Gasteiger partial charge >= 0.3 is 0 Å². The molecule has 0 aromatic carbocycles. The van der Waals surface area contributed by atoms with E-state index in [0.717, 1.165) is 0 Å². The summed E-state index contributed by atoms with van der Waals surface area (Å²) in [7, 11) is 0. The van der Waals surface area contributed by atoms with Crippen LogP contribution in [0.1, 0.15) is 0 Å². The lowest BCUT2D eigenvalue weighted by Gasteiger charge is -2.25. The molecule has 0 bridgehead atoms. The smallest absolute Gasteiger partial charge is 0.125 e. The molecule has 0 saturated heterocycles. The lowest BCUT2D eigenvalue weighted by molar-refractivity contribution is -0.111. The molecule has 102 valence electrons. The third-order valence-electron chi connectivity index (χ3n) is 2.48. The normalized spacial score (nSPS) is 17.8. The third kappa shape index (κ3) is 4.21. The predicted molar refractivity (Wildman–Crippen MR) is 63.8 cm³/mol. The molecule has 1 rings (SSSR count). The number of aliphatic hydroxyl groups excluding tert-OH is 5. The molecule has 6 N–H and O–H groups in total. The molecule has 0 aliphatic heterocycles. The molecule has 0 amide bonds. The summed E-state index contributed by atoms with van der Waals surface area (Å²) in [4.78, 5) is 3.95. The van der Waals surface area contributed by atoms with Crippen molar-refractivity contribution >= 4 is 5.82 Å². The summed E-state index contributed by atoms with van der Waals surface area (Å²) in [5, 5.41) is 49.0. The highest BCUT2D eigenvalue weighted by molar-refractivity contribution is 5.33. The summed E-state index contributed by atoms with van der Waals surface area (Å²) in [6.07, 6.45) is -4.42. The zero-order chi connectivity index (χ0) is 13.5. The van der Waals surface area contributed by atoms with Gasteiger partial charge in [-0.3, -0.25) is 0 Å². The van der Waals surface area contributed by atoms with Gasteiger partial charge in [0.05, 0.1) is 12.7 Å². The van der Waals surface area contributed by atoms with E-state index in [9.17, 15) is 15.3 Å². The van der Waals surface area contributed by atoms with Crippen molar-refractivity contribution in [1.29, 1.82) is 0 Å². The fourth-order valence-electron chi connectivity index (χ4n) is 1.36. The molecule has 0 radical (unpaired) electrons. The van der Waals surface area contributed by atoms with E-state index in [1.165, 1.54) is 0 Å². The number of nitrogens with one attached hydrogen (secondary N) is 1. The number of pyridine rings is 1. The van der Waals surface area contributed by atoms with E-state index < -0.39 is 31.0 Å². The molecule has 7 heteroatoms. The second-order valence-electron chi connectivity index (χ2n) is 3.89. The summed E-state index contributed by atoms with van der Waals surface area (Å²) in [6.45, 7) is -0.744. The van der Waals surface area contributed by atoms with E-state index in [4.69, 9.17) is 10.2 Å². The summed E-state index contributed by atoms with van der Waals surface area (Å²) in [5.41, 5.74) is 0. The van der Waals surface area contributed by atoms with Crippen LogP contribution in [0.2, 0.25) is 0 Å². The number of aromatic nitrogens is 1. The van der Waals surface area contributed by atoms with Crippen molar-refractivity contribution in [2.75, 3.05) is 18.5 Å². The maximum Gasteiger partial charge on any atom is 0.125 e. The van der Waals surface area contributed by atoms with Crippen molar-refractivity contribution in [3.05, 3.63) is 24.4 Å². The molecule has 1 aromatic heterocycles. The molecule has 0 aliphatic rings. The number of anilines is 1.